The molecule has 0 spiro atoms. The number of hydrogen-bond acceptors (Lipinski definition) is 4. The Balaban J connectivity index is 1.91. The number of carbonyl (C=O) groups is 1. The SMILES string of the molecule is COc1ccccc1NS(=O)(=O)c1cc(C(=O)Nc2ccccc2)ccc1Cl. The van der Waals surface area contributed by atoms with Crippen molar-refractivity contribution in [1.29, 1.82) is 0 Å². The highest BCUT2D eigenvalue weighted by molar-refractivity contribution is 7.92. The third-order valence-corrected chi connectivity index (χ3v) is 5.71. The number of methoxy groups -OCH3 is 1. The fraction of sp³-hybridized carbons (Fsp3) is 0.0500. The standard InChI is InChI=1S/C20H17ClN2O4S/c1-27-18-10-6-5-9-17(18)23-28(25,26)19-13-14(11-12-16(19)21)20(24)22-15-7-3-2-4-8-15/h2-13,23H,1H3,(H,22,24). The molecule has 0 atom stereocenters. The second-order valence-corrected chi connectivity index (χ2v) is 7.83. The molecule has 0 aliphatic heterocycles. The van der Waals surface area contributed by atoms with Crippen LogP contribution in [0.1, 0.15) is 10.4 Å². The number of hydrogen-bond donors (Lipinski definition) is 2. The van der Waals surface area contributed by atoms with E-state index in [1.165, 1.54) is 25.3 Å². The van der Waals surface area contributed by atoms with Crippen molar-refractivity contribution in [3.63, 3.8) is 0 Å². The van der Waals surface area contributed by atoms with Crippen molar-refractivity contribution in [3.05, 3.63) is 83.4 Å². The van der Waals surface area contributed by atoms with Gasteiger partial charge in [0.25, 0.3) is 15.9 Å². The molecule has 28 heavy (non-hydrogen) atoms. The number of benzene rings is 3. The van der Waals surface area contributed by atoms with Gasteiger partial charge in [-0.3, -0.25) is 9.52 Å². The van der Waals surface area contributed by atoms with Crippen LogP contribution in [0.15, 0.2) is 77.7 Å². The molecule has 144 valence electrons. The molecule has 0 heterocycles. The smallest absolute Gasteiger partial charge is 0.263 e. The second kappa shape index (κ2) is 8.33. The van der Waals surface area contributed by atoms with E-state index in [2.05, 4.69) is 10.0 Å². The number of ether oxygens (including phenoxy) is 1. The van der Waals surface area contributed by atoms with Crippen molar-refractivity contribution in [1.82, 2.24) is 0 Å². The molecule has 2 N–H and O–H groups in total. The molecular formula is C20H17ClN2O4S. The fourth-order valence-electron chi connectivity index (χ4n) is 2.50. The van der Waals surface area contributed by atoms with Gasteiger partial charge in [0.2, 0.25) is 0 Å². The van der Waals surface area contributed by atoms with Gasteiger partial charge in [0.05, 0.1) is 17.8 Å². The predicted octanol–water partition coefficient (Wildman–Crippen LogP) is 4.40. The summed E-state index contributed by atoms with van der Waals surface area (Å²) in [4.78, 5) is 12.3. The molecule has 0 aromatic heterocycles. The molecule has 0 saturated carbocycles. The van der Waals surface area contributed by atoms with E-state index in [0.717, 1.165) is 0 Å². The molecule has 0 bridgehead atoms. The molecular weight excluding hydrogens is 400 g/mol. The summed E-state index contributed by atoms with van der Waals surface area (Å²) in [5, 5.41) is 2.71. The van der Waals surface area contributed by atoms with Gasteiger partial charge in [-0.2, -0.15) is 0 Å². The zero-order chi connectivity index (χ0) is 20.1. The molecule has 0 aliphatic rings. The summed E-state index contributed by atoms with van der Waals surface area (Å²) in [6.07, 6.45) is 0. The number of nitrogens with one attached hydrogen (secondary N) is 2. The third kappa shape index (κ3) is 4.44. The Bertz CT molecular complexity index is 1100. The maximum absolute atomic E-state index is 12.8. The Morgan fingerprint density at radius 2 is 1.64 bits per heavy atom. The zero-order valence-electron chi connectivity index (χ0n) is 14.8. The van der Waals surface area contributed by atoms with Crippen LogP contribution in [0.2, 0.25) is 5.02 Å². The minimum atomic E-state index is -4.05. The Hall–Kier alpha value is -3.03. The highest BCUT2D eigenvalue weighted by atomic mass is 35.5. The Morgan fingerprint density at radius 1 is 0.964 bits per heavy atom. The largest absolute Gasteiger partial charge is 0.495 e. The van der Waals surface area contributed by atoms with Crippen molar-refractivity contribution >= 4 is 38.9 Å². The first-order chi connectivity index (χ1) is 13.4. The van der Waals surface area contributed by atoms with E-state index >= 15 is 0 Å². The van der Waals surface area contributed by atoms with Crippen LogP contribution in [0.5, 0.6) is 5.75 Å². The molecule has 6 nitrogen and oxygen atoms in total. The van der Waals surface area contributed by atoms with Gasteiger partial charge in [0, 0.05) is 11.3 Å². The minimum absolute atomic E-state index is 0.00124. The van der Waals surface area contributed by atoms with Crippen molar-refractivity contribution in [3.8, 4) is 5.75 Å². The second-order valence-electron chi connectivity index (χ2n) is 5.77. The molecule has 0 saturated heterocycles. The number of amides is 1. The first-order valence-corrected chi connectivity index (χ1v) is 10.1. The first kappa shape index (κ1) is 19.7. The number of anilines is 2. The van der Waals surface area contributed by atoms with Crippen molar-refractivity contribution in [2.45, 2.75) is 4.90 Å². The first-order valence-electron chi connectivity index (χ1n) is 8.22. The third-order valence-electron chi connectivity index (χ3n) is 3.87. The summed E-state index contributed by atoms with van der Waals surface area (Å²) >= 11 is 6.10. The molecule has 0 fully saturated rings. The Morgan fingerprint density at radius 3 is 2.36 bits per heavy atom. The maximum atomic E-state index is 12.8. The number of carbonyl (C=O) groups excluding carboxylic acids is 1. The van der Waals surface area contributed by atoms with Crippen molar-refractivity contribution in [2.24, 2.45) is 0 Å². The van der Waals surface area contributed by atoms with Gasteiger partial charge >= 0.3 is 0 Å². The average molecular weight is 417 g/mol. The van der Waals surface area contributed by atoms with Crippen LogP contribution in [0.3, 0.4) is 0 Å². The molecule has 3 rings (SSSR count). The minimum Gasteiger partial charge on any atom is -0.495 e. The molecule has 0 unspecified atom stereocenters. The molecule has 0 radical (unpaired) electrons. The lowest BCUT2D eigenvalue weighted by atomic mass is 10.2. The summed E-state index contributed by atoms with van der Waals surface area (Å²) in [7, 11) is -2.61. The molecule has 0 aliphatic carbocycles. The number of sulfonamides is 1. The van der Waals surface area contributed by atoms with E-state index in [-0.39, 0.29) is 21.2 Å². The summed E-state index contributed by atoms with van der Waals surface area (Å²) < 4.78 is 33.3. The maximum Gasteiger partial charge on any atom is 0.263 e. The number of rotatable bonds is 6. The van der Waals surface area contributed by atoms with Gasteiger partial charge in [0.15, 0.2) is 0 Å². The van der Waals surface area contributed by atoms with E-state index in [9.17, 15) is 13.2 Å². The van der Waals surface area contributed by atoms with E-state index in [4.69, 9.17) is 16.3 Å². The Labute approximate surface area is 168 Å². The number of para-hydroxylation sites is 3. The van der Waals surface area contributed by atoms with Crippen LogP contribution in [0.25, 0.3) is 0 Å². The predicted molar refractivity (Wildman–Crippen MR) is 110 cm³/mol. The Kier molecular flexibility index (Phi) is 5.87. The lowest BCUT2D eigenvalue weighted by Crippen LogP contribution is -2.16. The van der Waals surface area contributed by atoms with E-state index in [0.29, 0.717) is 11.4 Å². The fourth-order valence-corrected chi connectivity index (χ4v) is 4.10. The van der Waals surface area contributed by atoms with Gasteiger partial charge in [-0.1, -0.05) is 41.9 Å². The van der Waals surface area contributed by atoms with Gasteiger partial charge in [-0.05, 0) is 42.5 Å². The van der Waals surface area contributed by atoms with Crippen LogP contribution >= 0.6 is 11.6 Å². The average Bonchev–Trinajstić information content (AvgIpc) is 2.69. The van der Waals surface area contributed by atoms with Crippen LogP contribution < -0.4 is 14.8 Å². The van der Waals surface area contributed by atoms with Crippen molar-refractivity contribution < 1.29 is 17.9 Å². The van der Waals surface area contributed by atoms with Gasteiger partial charge < -0.3 is 10.1 Å². The van der Waals surface area contributed by atoms with E-state index in [1.54, 1.807) is 48.5 Å². The lowest BCUT2D eigenvalue weighted by Gasteiger charge is -2.13. The van der Waals surface area contributed by atoms with Gasteiger partial charge in [-0.25, -0.2) is 8.42 Å². The monoisotopic (exact) mass is 416 g/mol. The highest BCUT2D eigenvalue weighted by Gasteiger charge is 2.21. The van der Waals surface area contributed by atoms with Crippen molar-refractivity contribution in [2.75, 3.05) is 17.1 Å². The summed E-state index contributed by atoms with van der Waals surface area (Å²) in [5.74, 6) is -0.0863. The number of halogens is 1. The lowest BCUT2D eigenvalue weighted by molar-refractivity contribution is 0.102. The van der Waals surface area contributed by atoms with Crippen LogP contribution in [0, 0.1) is 0 Å². The molecule has 3 aromatic rings. The van der Waals surface area contributed by atoms with Crippen LogP contribution in [-0.4, -0.2) is 21.4 Å². The topological polar surface area (TPSA) is 84.5 Å². The zero-order valence-corrected chi connectivity index (χ0v) is 16.4. The normalized spacial score (nSPS) is 10.9. The molecule has 1 amide bonds. The van der Waals surface area contributed by atoms with Gasteiger partial charge in [0.1, 0.15) is 10.6 Å². The van der Waals surface area contributed by atoms with Crippen LogP contribution in [0.4, 0.5) is 11.4 Å². The highest BCUT2D eigenvalue weighted by Crippen LogP contribution is 2.29. The van der Waals surface area contributed by atoms with E-state index in [1.807, 2.05) is 6.07 Å². The van der Waals surface area contributed by atoms with Gasteiger partial charge in [-0.15, -0.1) is 0 Å². The summed E-state index contributed by atoms with van der Waals surface area (Å²) in [5.41, 5.74) is 1.02. The molecule has 8 heteroatoms. The van der Waals surface area contributed by atoms with E-state index < -0.39 is 15.9 Å². The summed E-state index contributed by atoms with van der Waals surface area (Å²) in [6.45, 7) is 0. The molecule has 3 aromatic carbocycles. The quantitative estimate of drug-likeness (QED) is 0.623. The van der Waals surface area contributed by atoms with Crippen LogP contribution in [-0.2, 0) is 10.0 Å². The summed E-state index contributed by atoms with van der Waals surface area (Å²) in [6, 6.07) is 19.5.